The van der Waals surface area contributed by atoms with Gasteiger partial charge in [0, 0.05) is 19.0 Å². The quantitative estimate of drug-likeness (QED) is 0.354. The molecule has 7 nitrogen and oxygen atoms in total. The van der Waals surface area contributed by atoms with Crippen LogP contribution in [0.3, 0.4) is 0 Å². The van der Waals surface area contributed by atoms with E-state index in [1.54, 1.807) is 6.92 Å². The number of hydrogen-bond donors (Lipinski definition) is 2. The van der Waals surface area contributed by atoms with E-state index in [0.29, 0.717) is 13.0 Å². The highest BCUT2D eigenvalue weighted by molar-refractivity contribution is 5.86. The van der Waals surface area contributed by atoms with E-state index in [2.05, 4.69) is 22.1 Å². The average Bonchev–Trinajstić information content (AvgIpc) is 2.34. The van der Waals surface area contributed by atoms with Gasteiger partial charge in [0.15, 0.2) is 5.69 Å². The van der Waals surface area contributed by atoms with E-state index in [9.17, 15) is 14.9 Å². The van der Waals surface area contributed by atoms with Gasteiger partial charge in [0.25, 0.3) is 0 Å². The maximum atomic E-state index is 10.7. The number of carboxylic acid groups (broad SMARTS) is 1. The molecule has 0 radical (unpaired) electrons. The van der Waals surface area contributed by atoms with E-state index < -0.39 is 10.9 Å². The first-order valence-corrected chi connectivity index (χ1v) is 5.08. The normalized spacial score (nSPS) is 9.17. The second-order valence-corrected chi connectivity index (χ2v) is 3.23. The summed E-state index contributed by atoms with van der Waals surface area (Å²) in [6.07, 6.45) is 0.493. The van der Waals surface area contributed by atoms with Gasteiger partial charge in [0.2, 0.25) is 5.82 Å². The van der Waals surface area contributed by atoms with Crippen LogP contribution in [0.5, 0.6) is 0 Å². The Morgan fingerprint density at radius 3 is 2.89 bits per heavy atom. The highest BCUT2D eigenvalue weighted by atomic mass is 16.6. The number of carbonyl (C=O) groups is 1. The minimum Gasteiger partial charge on any atom is -0.477 e. The van der Waals surface area contributed by atoms with Gasteiger partial charge in [-0.1, -0.05) is 0 Å². The molecule has 0 amide bonds. The van der Waals surface area contributed by atoms with E-state index in [1.165, 1.54) is 0 Å². The van der Waals surface area contributed by atoms with Gasteiger partial charge in [-0.2, -0.15) is 0 Å². The maximum Gasteiger partial charge on any atom is 0.354 e. The number of rotatable bonds is 5. The number of nitrogens with one attached hydrogen (secondary N) is 1. The number of aromatic carboxylic acids is 1. The molecule has 94 valence electrons. The lowest BCUT2D eigenvalue weighted by atomic mass is 10.3. The highest BCUT2D eigenvalue weighted by Gasteiger charge is 2.17. The number of anilines is 1. The maximum absolute atomic E-state index is 10.7. The van der Waals surface area contributed by atoms with Crippen molar-refractivity contribution in [1.82, 2.24) is 4.98 Å². The number of pyridine rings is 1. The van der Waals surface area contributed by atoms with Gasteiger partial charge in [0.1, 0.15) is 0 Å². The molecule has 0 fully saturated rings. The Morgan fingerprint density at radius 1 is 1.61 bits per heavy atom. The Balaban J connectivity index is 2.95. The SMILES string of the molecule is CC#CCCNc1nc(C(=O)O)ccc1[N+](=O)[O-]. The number of hydrogen-bond acceptors (Lipinski definition) is 5. The summed E-state index contributed by atoms with van der Waals surface area (Å²) in [6.45, 7) is 2.05. The molecule has 0 saturated heterocycles. The molecule has 0 aliphatic carbocycles. The molecule has 0 spiro atoms. The third kappa shape index (κ3) is 3.45. The lowest BCUT2D eigenvalue weighted by Gasteiger charge is -2.05. The fourth-order valence-corrected chi connectivity index (χ4v) is 1.22. The van der Waals surface area contributed by atoms with Gasteiger partial charge in [0.05, 0.1) is 4.92 Å². The van der Waals surface area contributed by atoms with Crippen molar-refractivity contribution in [3.8, 4) is 11.8 Å². The Morgan fingerprint density at radius 2 is 2.33 bits per heavy atom. The smallest absolute Gasteiger partial charge is 0.354 e. The first kappa shape index (κ1) is 13.4. The molecule has 0 bridgehead atoms. The van der Waals surface area contributed by atoms with Crippen molar-refractivity contribution in [1.29, 1.82) is 0 Å². The number of nitrogens with zero attached hydrogens (tertiary/aromatic N) is 2. The van der Waals surface area contributed by atoms with E-state index in [1.807, 2.05) is 0 Å². The summed E-state index contributed by atoms with van der Waals surface area (Å²) in [7, 11) is 0. The molecule has 18 heavy (non-hydrogen) atoms. The number of nitro groups is 1. The average molecular weight is 249 g/mol. The van der Waals surface area contributed by atoms with Crippen LogP contribution in [0.4, 0.5) is 11.5 Å². The predicted molar refractivity (Wildman–Crippen MR) is 64.4 cm³/mol. The second kappa shape index (κ2) is 6.20. The van der Waals surface area contributed by atoms with Gasteiger partial charge in [-0.25, -0.2) is 9.78 Å². The summed E-state index contributed by atoms with van der Waals surface area (Å²) < 4.78 is 0. The zero-order valence-corrected chi connectivity index (χ0v) is 9.64. The molecule has 1 aromatic heterocycles. The second-order valence-electron chi connectivity index (χ2n) is 3.23. The first-order valence-electron chi connectivity index (χ1n) is 5.08. The van der Waals surface area contributed by atoms with Gasteiger partial charge >= 0.3 is 11.7 Å². The third-order valence-electron chi connectivity index (χ3n) is 2.01. The minimum atomic E-state index is -1.23. The van der Waals surface area contributed by atoms with Crippen LogP contribution in [0.1, 0.15) is 23.8 Å². The summed E-state index contributed by atoms with van der Waals surface area (Å²) in [5, 5.41) is 22.2. The van der Waals surface area contributed by atoms with Gasteiger partial charge in [-0.05, 0) is 13.0 Å². The van der Waals surface area contributed by atoms with Crippen molar-refractivity contribution in [3.63, 3.8) is 0 Å². The standard InChI is InChI=1S/C11H11N3O4/c1-2-3-4-7-12-10-9(14(17)18)6-5-8(13-10)11(15)16/h5-6H,4,7H2,1H3,(H,12,13)(H,15,16). The lowest BCUT2D eigenvalue weighted by molar-refractivity contribution is -0.384. The number of carboxylic acids is 1. The summed E-state index contributed by atoms with van der Waals surface area (Å²) in [4.78, 5) is 24.5. The monoisotopic (exact) mass is 249 g/mol. The van der Waals surface area contributed by atoms with Crippen molar-refractivity contribution >= 4 is 17.5 Å². The molecule has 0 atom stereocenters. The van der Waals surface area contributed by atoms with Crippen LogP contribution < -0.4 is 5.32 Å². The summed E-state index contributed by atoms with van der Waals surface area (Å²) in [5.74, 6) is 4.17. The van der Waals surface area contributed by atoms with Gasteiger partial charge < -0.3 is 10.4 Å². The fourth-order valence-electron chi connectivity index (χ4n) is 1.22. The predicted octanol–water partition coefficient (Wildman–Crippen LogP) is 1.51. The van der Waals surface area contributed by atoms with Crippen LogP contribution in [0.2, 0.25) is 0 Å². The summed E-state index contributed by atoms with van der Waals surface area (Å²) in [6, 6.07) is 2.21. The van der Waals surface area contributed by atoms with E-state index in [0.717, 1.165) is 12.1 Å². The molecule has 0 aromatic carbocycles. The first-order chi connectivity index (χ1) is 8.56. The van der Waals surface area contributed by atoms with Crippen LogP contribution in [-0.2, 0) is 0 Å². The molecule has 1 aromatic rings. The topological polar surface area (TPSA) is 105 Å². The molecular formula is C11H11N3O4. The minimum absolute atomic E-state index is 0.0576. The van der Waals surface area contributed by atoms with Crippen LogP contribution in [0.25, 0.3) is 0 Å². The van der Waals surface area contributed by atoms with E-state index in [-0.39, 0.29) is 17.2 Å². The third-order valence-corrected chi connectivity index (χ3v) is 2.01. The zero-order chi connectivity index (χ0) is 13.5. The van der Waals surface area contributed by atoms with Gasteiger partial charge in [-0.15, -0.1) is 11.8 Å². The van der Waals surface area contributed by atoms with Crippen molar-refractivity contribution in [2.24, 2.45) is 0 Å². The van der Waals surface area contributed by atoms with E-state index >= 15 is 0 Å². The summed E-state index contributed by atoms with van der Waals surface area (Å²) in [5.41, 5.74) is -0.505. The Kier molecular flexibility index (Phi) is 4.63. The van der Waals surface area contributed by atoms with Crippen molar-refractivity contribution < 1.29 is 14.8 Å². The Hall–Kier alpha value is -2.62. The summed E-state index contributed by atoms with van der Waals surface area (Å²) >= 11 is 0. The molecule has 1 rings (SSSR count). The van der Waals surface area contributed by atoms with E-state index in [4.69, 9.17) is 5.11 Å². The molecule has 0 unspecified atom stereocenters. The molecule has 2 N–H and O–H groups in total. The van der Waals surface area contributed by atoms with Gasteiger partial charge in [-0.3, -0.25) is 10.1 Å². The molecule has 1 heterocycles. The molecule has 0 aliphatic rings. The van der Waals surface area contributed by atoms with Crippen LogP contribution >= 0.6 is 0 Å². The van der Waals surface area contributed by atoms with Crippen LogP contribution in [-0.4, -0.2) is 27.5 Å². The molecule has 0 aliphatic heterocycles. The fraction of sp³-hybridized carbons (Fsp3) is 0.273. The lowest BCUT2D eigenvalue weighted by Crippen LogP contribution is -2.09. The molecule has 0 saturated carbocycles. The Bertz CT molecular complexity index is 531. The van der Waals surface area contributed by atoms with Crippen molar-refractivity contribution in [2.45, 2.75) is 13.3 Å². The van der Waals surface area contributed by atoms with Crippen molar-refractivity contribution in [2.75, 3.05) is 11.9 Å². The zero-order valence-electron chi connectivity index (χ0n) is 9.64. The Labute approximate surface area is 103 Å². The largest absolute Gasteiger partial charge is 0.477 e. The molecular weight excluding hydrogens is 238 g/mol. The highest BCUT2D eigenvalue weighted by Crippen LogP contribution is 2.21. The van der Waals surface area contributed by atoms with Crippen LogP contribution in [0, 0.1) is 22.0 Å². The number of aromatic nitrogens is 1. The molecule has 7 heteroatoms. The van der Waals surface area contributed by atoms with Crippen LogP contribution in [0.15, 0.2) is 12.1 Å². The van der Waals surface area contributed by atoms with Crippen molar-refractivity contribution in [3.05, 3.63) is 27.9 Å².